The standard InChI is InChI=1S/C17H22N2O2S/c1-22(20,21)12-11-19-17(15-9-3-2-4-10-15)13-16(18-19)14-7-5-6-8-14/h2-4,9-10,13-14H,5-8,11-12H2,1H3. The summed E-state index contributed by atoms with van der Waals surface area (Å²) in [7, 11) is -2.99. The largest absolute Gasteiger partial charge is 0.264 e. The summed E-state index contributed by atoms with van der Waals surface area (Å²) < 4.78 is 24.8. The van der Waals surface area contributed by atoms with E-state index in [9.17, 15) is 8.42 Å². The van der Waals surface area contributed by atoms with Gasteiger partial charge in [-0.25, -0.2) is 8.42 Å². The second kappa shape index (κ2) is 6.24. The Bertz CT molecular complexity index is 729. The number of hydrogen-bond donors (Lipinski definition) is 0. The van der Waals surface area contributed by atoms with Crippen LogP contribution in [0.2, 0.25) is 0 Å². The van der Waals surface area contributed by atoms with Gasteiger partial charge in [-0.05, 0) is 24.5 Å². The van der Waals surface area contributed by atoms with Gasteiger partial charge < -0.3 is 0 Å². The summed E-state index contributed by atoms with van der Waals surface area (Å²) in [5, 5.41) is 4.72. The maximum absolute atomic E-state index is 11.5. The van der Waals surface area contributed by atoms with Gasteiger partial charge in [-0.15, -0.1) is 0 Å². The first-order chi connectivity index (χ1) is 10.5. The van der Waals surface area contributed by atoms with E-state index in [0.717, 1.165) is 17.0 Å². The van der Waals surface area contributed by atoms with Gasteiger partial charge in [0, 0.05) is 12.2 Å². The Hall–Kier alpha value is -1.62. The third-order valence-corrected chi connectivity index (χ3v) is 5.24. The van der Waals surface area contributed by atoms with E-state index in [1.54, 1.807) is 0 Å². The lowest BCUT2D eigenvalue weighted by Crippen LogP contribution is -2.13. The maximum atomic E-state index is 11.5. The summed E-state index contributed by atoms with van der Waals surface area (Å²) in [5.74, 6) is 0.653. The SMILES string of the molecule is CS(=O)(=O)CCn1nc(C2CCCC2)cc1-c1ccccc1. The minimum atomic E-state index is -2.99. The van der Waals surface area contributed by atoms with Crippen LogP contribution in [0, 0.1) is 0 Å². The van der Waals surface area contributed by atoms with Gasteiger partial charge in [-0.3, -0.25) is 4.68 Å². The van der Waals surface area contributed by atoms with E-state index in [1.165, 1.54) is 31.9 Å². The molecule has 1 aliphatic carbocycles. The quantitative estimate of drug-likeness (QED) is 0.850. The molecule has 22 heavy (non-hydrogen) atoms. The Morgan fingerprint density at radius 3 is 2.50 bits per heavy atom. The van der Waals surface area contributed by atoms with E-state index >= 15 is 0 Å². The van der Waals surface area contributed by atoms with Gasteiger partial charge in [0.2, 0.25) is 0 Å². The van der Waals surface area contributed by atoms with Gasteiger partial charge in [-0.2, -0.15) is 5.10 Å². The fourth-order valence-electron chi connectivity index (χ4n) is 3.12. The Morgan fingerprint density at radius 1 is 1.18 bits per heavy atom. The van der Waals surface area contributed by atoms with Gasteiger partial charge in [0.25, 0.3) is 0 Å². The summed E-state index contributed by atoms with van der Waals surface area (Å²) in [6, 6.07) is 12.2. The molecule has 0 bridgehead atoms. The second-order valence-electron chi connectivity index (χ2n) is 6.15. The number of rotatable bonds is 5. The fourth-order valence-corrected chi connectivity index (χ4v) is 3.63. The van der Waals surface area contributed by atoms with Crippen LogP contribution in [-0.4, -0.2) is 30.2 Å². The van der Waals surface area contributed by atoms with Crippen LogP contribution >= 0.6 is 0 Å². The van der Waals surface area contributed by atoms with Crippen LogP contribution in [0.3, 0.4) is 0 Å². The molecule has 0 N–H and O–H groups in total. The number of aryl methyl sites for hydroxylation is 1. The Kier molecular flexibility index (Phi) is 4.34. The van der Waals surface area contributed by atoms with Gasteiger partial charge in [0.1, 0.15) is 9.84 Å². The molecule has 0 unspecified atom stereocenters. The predicted molar refractivity (Wildman–Crippen MR) is 88.6 cm³/mol. The third kappa shape index (κ3) is 3.58. The molecule has 1 fully saturated rings. The molecular formula is C17H22N2O2S. The molecule has 1 aromatic carbocycles. The average Bonchev–Trinajstić information content (AvgIpc) is 3.14. The summed E-state index contributed by atoms with van der Waals surface area (Å²) >= 11 is 0. The molecule has 0 aliphatic heterocycles. The molecule has 118 valence electrons. The van der Waals surface area contributed by atoms with Crippen LogP contribution in [0.4, 0.5) is 0 Å². The van der Waals surface area contributed by atoms with Crippen molar-refractivity contribution in [2.75, 3.05) is 12.0 Å². The molecular weight excluding hydrogens is 296 g/mol. The van der Waals surface area contributed by atoms with Crippen molar-refractivity contribution in [1.82, 2.24) is 9.78 Å². The minimum Gasteiger partial charge on any atom is -0.264 e. The molecule has 0 atom stereocenters. The molecule has 1 aromatic heterocycles. The van der Waals surface area contributed by atoms with Gasteiger partial charge >= 0.3 is 0 Å². The van der Waals surface area contributed by atoms with E-state index in [1.807, 2.05) is 35.0 Å². The van der Waals surface area contributed by atoms with Crippen molar-refractivity contribution < 1.29 is 8.42 Å². The molecule has 0 spiro atoms. The number of sulfone groups is 1. The first kappa shape index (κ1) is 15.3. The zero-order valence-corrected chi connectivity index (χ0v) is 13.7. The van der Waals surface area contributed by atoms with Crippen molar-refractivity contribution in [2.45, 2.75) is 38.1 Å². The van der Waals surface area contributed by atoms with E-state index in [-0.39, 0.29) is 5.75 Å². The normalized spacial score (nSPS) is 16.2. The van der Waals surface area contributed by atoms with Gasteiger partial charge in [-0.1, -0.05) is 43.2 Å². The molecule has 5 heteroatoms. The Balaban J connectivity index is 1.94. The number of hydrogen-bond acceptors (Lipinski definition) is 3. The fraction of sp³-hybridized carbons (Fsp3) is 0.471. The van der Waals surface area contributed by atoms with Crippen molar-refractivity contribution in [3.8, 4) is 11.3 Å². The van der Waals surface area contributed by atoms with Crippen molar-refractivity contribution in [3.05, 3.63) is 42.1 Å². The summed E-state index contributed by atoms with van der Waals surface area (Å²) in [6.45, 7) is 0.412. The van der Waals surface area contributed by atoms with E-state index < -0.39 is 9.84 Å². The first-order valence-electron chi connectivity index (χ1n) is 7.84. The Morgan fingerprint density at radius 2 is 1.86 bits per heavy atom. The number of nitrogens with zero attached hydrogens (tertiary/aromatic N) is 2. The molecule has 0 radical (unpaired) electrons. The van der Waals surface area contributed by atoms with E-state index in [4.69, 9.17) is 5.10 Å². The number of aromatic nitrogens is 2. The van der Waals surface area contributed by atoms with Gasteiger partial charge in [0.15, 0.2) is 0 Å². The minimum absolute atomic E-state index is 0.124. The summed E-state index contributed by atoms with van der Waals surface area (Å²) in [6.07, 6.45) is 6.19. The van der Waals surface area contributed by atoms with Crippen molar-refractivity contribution in [1.29, 1.82) is 0 Å². The molecule has 4 nitrogen and oxygen atoms in total. The molecule has 1 aliphatic rings. The van der Waals surface area contributed by atoms with Crippen molar-refractivity contribution >= 4 is 9.84 Å². The average molecular weight is 318 g/mol. The van der Waals surface area contributed by atoms with Crippen LogP contribution in [-0.2, 0) is 16.4 Å². The monoisotopic (exact) mass is 318 g/mol. The predicted octanol–water partition coefficient (Wildman–Crippen LogP) is 3.25. The summed E-state index contributed by atoms with van der Waals surface area (Å²) in [4.78, 5) is 0. The highest BCUT2D eigenvalue weighted by atomic mass is 32.2. The summed E-state index contributed by atoms with van der Waals surface area (Å²) in [5.41, 5.74) is 3.23. The van der Waals surface area contributed by atoms with Crippen molar-refractivity contribution in [2.24, 2.45) is 0 Å². The van der Waals surface area contributed by atoms with Crippen LogP contribution in [0.15, 0.2) is 36.4 Å². The molecule has 0 amide bonds. The highest BCUT2D eigenvalue weighted by Crippen LogP contribution is 2.35. The maximum Gasteiger partial charge on any atom is 0.149 e. The lowest BCUT2D eigenvalue weighted by atomic mass is 10.0. The van der Waals surface area contributed by atoms with Gasteiger partial charge in [0.05, 0.1) is 23.7 Å². The third-order valence-electron chi connectivity index (χ3n) is 4.32. The number of benzene rings is 1. The first-order valence-corrected chi connectivity index (χ1v) is 9.90. The molecule has 2 aromatic rings. The van der Waals surface area contributed by atoms with Crippen LogP contribution < -0.4 is 0 Å². The highest BCUT2D eigenvalue weighted by Gasteiger charge is 2.22. The molecule has 1 heterocycles. The molecule has 0 saturated heterocycles. The highest BCUT2D eigenvalue weighted by molar-refractivity contribution is 7.90. The topological polar surface area (TPSA) is 52.0 Å². The molecule has 3 rings (SSSR count). The molecule has 1 saturated carbocycles. The van der Waals surface area contributed by atoms with Crippen molar-refractivity contribution in [3.63, 3.8) is 0 Å². The van der Waals surface area contributed by atoms with Crippen LogP contribution in [0.1, 0.15) is 37.3 Å². The van der Waals surface area contributed by atoms with E-state index in [2.05, 4.69) is 6.07 Å². The lowest BCUT2D eigenvalue weighted by Gasteiger charge is -2.07. The van der Waals surface area contributed by atoms with Crippen LogP contribution in [0.5, 0.6) is 0 Å². The van der Waals surface area contributed by atoms with Crippen LogP contribution in [0.25, 0.3) is 11.3 Å². The van der Waals surface area contributed by atoms with E-state index in [0.29, 0.717) is 12.5 Å². The zero-order valence-electron chi connectivity index (χ0n) is 12.9. The second-order valence-corrected chi connectivity index (χ2v) is 8.41. The zero-order chi connectivity index (χ0) is 15.6. The smallest absolute Gasteiger partial charge is 0.149 e. The lowest BCUT2D eigenvalue weighted by molar-refractivity contribution is 0.581. The Labute approximate surface area is 132 Å².